The first-order valence-electron chi connectivity index (χ1n) is 9.35. The Kier molecular flexibility index (Phi) is 4.24. The summed E-state index contributed by atoms with van der Waals surface area (Å²) in [7, 11) is 0. The van der Waals surface area contributed by atoms with Crippen LogP contribution in [0.25, 0.3) is 21.3 Å². The molecular formula is C20H18N6O2S. The maximum atomic E-state index is 12.9. The van der Waals surface area contributed by atoms with Gasteiger partial charge >= 0.3 is 0 Å². The summed E-state index contributed by atoms with van der Waals surface area (Å²) in [5.74, 6) is -0.393. The number of aromatic nitrogens is 4. The lowest BCUT2D eigenvalue weighted by atomic mass is 9.95. The number of hydrogen-bond donors (Lipinski definition) is 1. The van der Waals surface area contributed by atoms with Crippen molar-refractivity contribution in [3.63, 3.8) is 0 Å². The molecule has 2 amide bonds. The largest absolute Gasteiger partial charge is 0.365 e. The third kappa shape index (κ3) is 3.03. The van der Waals surface area contributed by atoms with E-state index in [0.717, 1.165) is 33.2 Å². The monoisotopic (exact) mass is 406 g/mol. The quantitative estimate of drug-likeness (QED) is 0.559. The summed E-state index contributed by atoms with van der Waals surface area (Å²) >= 11 is 1.32. The van der Waals surface area contributed by atoms with Crippen LogP contribution in [0.2, 0.25) is 0 Å². The highest BCUT2D eigenvalue weighted by Gasteiger charge is 2.32. The first-order chi connectivity index (χ1) is 14.1. The third-order valence-electron chi connectivity index (χ3n) is 5.38. The van der Waals surface area contributed by atoms with Gasteiger partial charge in [-0.05, 0) is 30.2 Å². The van der Waals surface area contributed by atoms with Crippen molar-refractivity contribution in [2.45, 2.75) is 18.9 Å². The second-order valence-corrected chi connectivity index (χ2v) is 8.13. The normalized spacial score (nSPS) is 16.7. The Balaban J connectivity index is 1.39. The molecule has 1 saturated heterocycles. The number of likely N-dealkylation sites (tertiary alicyclic amines) is 1. The smallest absolute Gasteiger partial charge is 0.259 e. The lowest BCUT2D eigenvalue weighted by Crippen LogP contribution is -2.32. The van der Waals surface area contributed by atoms with Crippen molar-refractivity contribution >= 4 is 44.4 Å². The number of primary amides is 1. The fourth-order valence-electron chi connectivity index (χ4n) is 4.02. The van der Waals surface area contributed by atoms with Gasteiger partial charge in [0.15, 0.2) is 0 Å². The molecule has 1 aliphatic heterocycles. The molecular weight excluding hydrogens is 388 g/mol. The molecule has 5 rings (SSSR count). The van der Waals surface area contributed by atoms with Crippen molar-refractivity contribution in [3.8, 4) is 0 Å². The number of carbonyl (C=O) groups excluding carboxylic acids is 2. The van der Waals surface area contributed by atoms with Crippen molar-refractivity contribution < 1.29 is 9.59 Å². The average molecular weight is 406 g/mol. The van der Waals surface area contributed by atoms with Crippen LogP contribution in [0.4, 0.5) is 0 Å². The van der Waals surface area contributed by atoms with Gasteiger partial charge in [-0.2, -0.15) is 0 Å². The Morgan fingerprint density at radius 1 is 1.21 bits per heavy atom. The van der Waals surface area contributed by atoms with Gasteiger partial charge in [-0.3, -0.25) is 9.59 Å². The lowest BCUT2D eigenvalue weighted by Gasteiger charge is -2.17. The zero-order valence-corrected chi connectivity index (χ0v) is 16.3. The highest BCUT2D eigenvalue weighted by atomic mass is 32.1. The van der Waals surface area contributed by atoms with Crippen LogP contribution in [0.1, 0.15) is 27.6 Å². The highest BCUT2D eigenvalue weighted by Crippen LogP contribution is 2.39. The van der Waals surface area contributed by atoms with Crippen molar-refractivity contribution in [2.75, 3.05) is 13.1 Å². The third-order valence-corrected chi connectivity index (χ3v) is 6.53. The molecule has 1 aromatic carbocycles. The first kappa shape index (κ1) is 17.7. The second kappa shape index (κ2) is 6.93. The molecule has 8 nitrogen and oxygen atoms in total. The number of rotatable bonds is 4. The Bertz CT molecular complexity index is 1250. The predicted molar refractivity (Wildman–Crippen MR) is 110 cm³/mol. The number of hydrogen-bond acceptors (Lipinski definition) is 6. The molecule has 146 valence electrons. The maximum Gasteiger partial charge on any atom is 0.259 e. The van der Waals surface area contributed by atoms with Crippen molar-refractivity contribution in [3.05, 3.63) is 53.0 Å². The summed E-state index contributed by atoms with van der Waals surface area (Å²) in [6, 6.07) is 11.4. The Morgan fingerprint density at radius 3 is 2.93 bits per heavy atom. The summed E-state index contributed by atoms with van der Waals surface area (Å²) in [5.41, 5.74) is 8.15. The van der Waals surface area contributed by atoms with Gasteiger partial charge in [0.25, 0.3) is 5.91 Å². The SMILES string of the molecule is NC(=O)c1sc2ncccc2c1[C@@H]1CCN(C(=O)Cn2nnc3ccccc32)C1. The maximum absolute atomic E-state index is 12.9. The van der Waals surface area contributed by atoms with E-state index in [-0.39, 0.29) is 18.4 Å². The molecule has 0 bridgehead atoms. The number of benzene rings is 1. The van der Waals surface area contributed by atoms with Crippen molar-refractivity contribution in [1.82, 2.24) is 24.9 Å². The molecule has 0 spiro atoms. The van der Waals surface area contributed by atoms with E-state index in [1.807, 2.05) is 41.3 Å². The number of thiophene rings is 1. The minimum absolute atomic E-state index is 0.0126. The van der Waals surface area contributed by atoms with Gasteiger partial charge in [0, 0.05) is 30.6 Å². The van der Waals surface area contributed by atoms with Crippen LogP contribution in [0.5, 0.6) is 0 Å². The number of carbonyl (C=O) groups is 2. The second-order valence-electron chi connectivity index (χ2n) is 7.13. The van der Waals surface area contributed by atoms with Gasteiger partial charge in [0.2, 0.25) is 5.91 Å². The topological polar surface area (TPSA) is 107 Å². The Morgan fingerprint density at radius 2 is 2.07 bits per heavy atom. The minimum atomic E-state index is -0.443. The van der Waals surface area contributed by atoms with Gasteiger partial charge in [0.05, 0.1) is 10.4 Å². The van der Waals surface area contributed by atoms with Crippen molar-refractivity contribution in [2.24, 2.45) is 5.73 Å². The number of pyridine rings is 1. The van der Waals surface area contributed by atoms with E-state index in [1.165, 1.54) is 11.3 Å². The summed E-state index contributed by atoms with van der Waals surface area (Å²) in [6.07, 6.45) is 2.49. The number of nitrogens with two attached hydrogens (primary N) is 1. The minimum Gasteiger partial charge on any atom is -0.365 e. The van der Waals surface area contributed by atoms with Gasteiger partial charge in [-0.25, -0.2) is 9.67 Å². The molecule has 1 aliphatic rings. The van der Waals surface area contributed by atoms with Gasteiger partial charge in [-0.15, -0.1) is 16.4 Å². The summed E-state index contributed by atoms with van der Waals surface area (Å²) < 4.78 is 1.63. The predicted octanol–water partition coefficient (Wildman–Crippen LogP) is 2.16. The zero-order chi connectivity index (χ0) is 20.0. The van der Waals surface area contributed by atoms with Crippen LogP contribution in [-0.4, -0.2) is 49.8 Å². The van der Waals surface area contributed by atoms with Crippen LogP contribution < -0.4 is 5.73 Å². The van der Waals surface area contributed by atoms with E-state index in [1.54, 1.807) is 10.9 Å². The van der Waals surface area contributed by atoms with Crippen LogP contribution in [0.15, 0.2) is 42.6 Å². The molecule has 29 heavy (non-hydrogen) atoms. The fourth-order valence-corrected chi connectivity index (χ4v) is 5.11. The van der Waals surface area contributed by atoms with Crippen LogP contribution >= 0.6 is 11.3 Å². The van der Waals surface area contributed by atoms with E-state index in [9.17, 15) is 9.59 Å². The van der Waals surface area contributed by atoms with Gasteiger partial charge in [-0.1, -0.05) is 23.4 Å². The standard InChI is InChI=1S/C20H18N6O2S/c21-19(28)18-17(13-4-3-8-22-20(13)29-18)12-7-9-25(10-12)16(27)11-26-15-6-2-1-5-14(15)23-24-26/h1-6,8,12H,7,9-11H2,(H2,21,28)/t12-/m1/s1. The van der Waals surface area contributed by atoms with Crippen LogP contribution in [0.3, 0.4) is 0 Å². The Hall–Kier alpha value is -3.33. The lowest BCUT2D eigenvalue weighted by molar-refractivity contribution is -0.130. The number of nitrogens with zero attached hydrogens (tertiary/aromatic N) is 5. The molecule has 1 fully saturated rings. The zero-order valence-electron chi connectivity index (χ0n) is 15.5. The molecule has 4 heterocycles. The highest BCUT2D eigenvalue weighted by molar-refractivity contribution is 7.20. The summed E-state index contributed by atoms with van der Waals surface area (Å²) in [6.45, 7) is 1.32. The van der Waals surface area contributed by atoms with Gasteiger partial charge in [0.1, 0.15) is 16.9 Å². The summed E-state index contributed by atoms with van der Waals surface area (Å²) in [5, 5.41) is 9.16. The number of fused-ring (bicyclic) bond motifs is 2. The molecule has 3 aromatic heterocycles. The van der Waals surface area contributed by atoms with E-state index >= 15 is 0 Å². The van der Waals surface area contributed by atoms with Crippen molar-refractivity contribution in [1.29, 1.82) is 0 Å². The molecule has 9 heteroatoms. The van der Waals surface area contributed by atoms with E-state index < -0.39 is 5.91 Å². The van der Waals surface area contributed by atoms with E-state index in [4.69, 9.17) is 5.73 Å². The van der Waals surface area contributed by atoms with E-state index in [0.29, 0.717) is 18.0 Å². The van der Waals surface area contributed by atoms with Gasteiger partial charge < -0.3 is 10.6 Å². The molecule has 0 unspecified atom stereocenters. The molecule has 2 N–H and O–H groups in total. The van der Waals surface area contributed by atoms with E-state index in [2.05, 4.69) is 15.3 Å². The number of para-hydroxylation sites is 1. The Labute approximate surface area is 169 Å². The summed E-state index contributed by atoms with van der Waals surface area (Å²) in [4.78, 5) is 32.4. The van der Waals surface area contributed by atoms with Crippen LogP contribution in [-0.2, 0) is 11.3 Å². The number of amides is 2. The molecule has 1 atom stereocenters. The fraction of sp³-hybridized carbons (Fsp3) is 0.250. The van der Waals surface area contributed by atoms with Crippen LogP contribution in [0, 0.1) is 0 Å². The average Bonchev–Trinajstić information content (AvgIpc) is 3.44. The molecule has 0 aliphatic carbocycles. The molecule has 4 aromatic rings. The molecule has 0 saturated carbocycles. The first-order valence-corrected chi connectivity index (χ1v) is 10.2. The molecule has 0 radical (unpaired) electrons.